The lowest BCUT2D eigenvalue weighted by Gasteiger charge is -2.12. The van der Waals surface area contributed by atoms with Crippen LogP contribution in [-0.4, -0.2) is 20.8 Å². The predicted octanol–water partition coefficient (Wildman–Crippen LogP) is 0.711. The van der Waals surface area contributed by atoms with Gasteiger partial charge in [0.15, 0.2) is 0 Å². The molecule has 0 bridgehead atoms. The van der Waals surface area contributed by atoms with E-state index in [9.17, 15) is 22.8 Å². The number of fused-ring (bicyclic) bond motifs is 1. The molecule has 1 aromatic heterocycles. The highest BCUT2D eigenvalue weighted by Crippen LogP contribution is 2.30. The van der Waals surface area contributed by atoms with Gasteiger partial charge >= 0.3 is 11.9 Å². The van der Waals surface area contributed by atoms with Crippen molar-refractivity contribution in [1.82, 2.24) is 9.13 Å². The van der Waals surface area contributed by atoms with Crippen LogP contribution in [0.15, 0.2) is 27.8 Å². The van der Waals surface area contributed by atoms with E-state index in [-0.39, 0.29) is 17.4 Å². The van der Waals surface area contributed by atoms with Crippen LogP contribution in [0.1, 0.15) is 5.56 Å². The van der Waals surface area contributed by atoms with Crippen molar-refractivity contribution in [1.29, 1.82) is 0 Å². The SMILES string of the molecule is Cn1c(=O)n(CCO)c(=O)c2ccc(C(F)(F)F)cc21. The number of hydrogen-bond acceptors (Lipinski definition) is 3. The van der Waals surface area contributed by atoms with Crippen LogP contribution in [-0.2, 0) is 19.8 Å². The molecule has 0 saturated heterocycles. The van der Waals surface area contributed by atoms with Crippen LogP contribution in [0.4, 0.5) is 13.2 Å². The van der Waals surface area contributed by atoms with E-state index in [0.717, 1.165) is 27.3 Å². The van der Waals surface area contributed by atoms with Gasteiger partial charge in [0.2, 0.25) is 0 Å². The molecule has 0 amide bonds. The average molecular weight is 288 g/mol. The Kier molecular flexibility index (Phi) is 3.43. The zero-order valence-electron chi connectivity index (χ0n) is 10.4. The number of aliphatic hydroxyl groups excluding tert-OH is 1. The number of nitrogens with zero attached hydrogens (tertiary/aromatic N) is 2. The molecule has 2 rings (SSSR count). The van der Waals surface area contributed by atoms with Crippen molar-refractivity contribution < 1.29 is 18.3 Å². The molecule has 0 aliphatic heterocycles. The second-order valence-corrected chi connectivity index (χ2v) is 4.25. The van der Waals surface area contributed by atoms with Crippen molar-refractivity contribution in [2.24, 2.45) is 7.05 Å². The molecule has 0 radical (unpaired) electrons. The summed E-state index contributed by atoms with van der Waals surface area (Å²) in [7, 11) is 1.28. The molecule has 1 N–H and O–H groups in total. The first kappa shape index (κ1) is 14.3. The molecule has 20 heavy (non-hydrogen) atoms. The fraction of sp³-hybridized carbons (Fsp3) is 0.333. The monoisotopic (exact) mass is 288 g/mol. The molecule has 0 fully saturated rings. The lowest BCUT2D eigenvalue weighted by atomic mass is 10.1. The Balaban J connectivity index is 2.86. The highest BCUT2D eigenvalue weighted by molar-refractivity contribution is 5.78. The van der Waals surface area contributed by atoms with Gasteiger partial charge in [-0.05, 0) is 18.2 Å². The van der Waals surface area contributed by atoms with E-state index in [4.69, 9.17) is 5.11 Å². The van der Waals surface area contributed by atoms with E-state index in [1.165, 1.54) is 7.05 Å². The Morgan fingerprint density at radius 3 is 2.45 bits per heavy atom. The maximum Gasteiger partial charge on any atom is 0.416 e. The van der Waals surface area contributed by atoms with E-state index in [0.29, 0.717) is 0 Å². The van der Waals surface area contributed by atoms with Crippen LogP contribution in [0.25, 0.3) is 10.9 Å². The molecule has 0 unspecified atom stereocenters. The fourth-order valence-corrected chi connectivity index (χ4v) is 1.98. The molecule has 0 aliphatic rings. The van der Waals surface area contributed by atoms with Crippen molar-refractivity contribution in [2.45, 2.75) is 12.7 Å². The van der Waals surface area contributed by atoms with Gasteiger partial charge in [-0.2, -0.15) is 13.2 Å². The summed E-state index contributed by atoms with van der Waals surface area (Å²) in [6, 6.07) is 2.59. The molecule has 108 valence electrons. The van der Waals surface area contributed by atoms with Crippen molar-refractivity contribution in [3.05, 3.63) is 44.6 Å². The number of aryl methyl sites for hydroxylation is 1. The van der Waals surface area contributed by atoms with Gasteiger partial charge in [-0.1, -0.05) is 0 Å². The van der Waals surface area contributed by atoms with Gasteiger partial charge < -0.3 is 5.11 Å². The normalized spacial score (nSPS) is 12.1. The second kappa shape index (κ2) is 4.78. The first-order valence-corrected chi connectivity index (χ1v) is 5.69. The second-order valence-electron chi connectivity index (χ2n) is 4.25. The quantitative estimate of drug-likeness (QED) is 0.885. The summed E-state index contributed by atoms with van der Waals surface area (Å²) < 4.78 is 39.7. The number of hydrogen-bond donors (Lipinski definition) is 1. The topological polar surface area (TPSA) is 64.2 Å². The largest absolute Gasteiger partial charge is 0.416 e. The average Bonchev–Trinajstić information content (AvgIpc) is 2.39. The highest BCUT2D eigenvalue weighted by Gasteiger charge is 2.31. The van der Waals surface area contributed by atoms with Crippen molar-refractivity contribution in [3.8, 4) is 0 Å². The van der Waals surface area contributed by atoms with Crippen LogP contribution >= 0.6 is 0 Å². The number of alkyl halides is 3. The Morgan fingerprint density at radius 2 is 1.90 bits per heavy atom. The van der Waals surface area contributed by atoms with Gasteiger partial charge in [0, 0.05) is 7.05 Å². The third kappa shape index (κ3) is 2.22. The van der Waals surface area contributed by atoms with Gasteiger partial charge in [-0.3, -0.25) is 13.9 Å². The van der Waals surface area contributed by atoms with Crippen LogP contribution in [0.5, 0.6) is 0 Å². The van der Waals surface area contributed by atoms with E-state index < -0.39 is 29.6 Å². The fourth-order valence-electron chi connectivity index (χ4n) is 1.98. The predicted molar refractivity (Wildman–Crippen MR) is 65.5 cm³/mol. The smallest absolute Gasteiger partial charge is 0.395 e. The van der Waals surface area contributed by atoms with Gasteiger partial charge in [0.05, 0.1) is 29.6 Å². The van der Waals surface area contributed by atoms with Gasteiger partial charge in [-0.25, -0.2) is 4.79 Å². The molecule has 5 nitrogen and oxygen atoms in total. The lowest BCUT2D eigenvalue weighted by molar-refractivity contribution is -0.137. The highest BCUT2D eigenvalue weighted by atomic mass is 19.4. The minimum atomic E-state index is -4.55. The van der Waals surface area contributed by atoms with Crippen LogP contribution in [0.3, 0.4) is 0 Å². The molecular formula is C12H11F3N2O3. The summed E-state index contributed by atoms with van der Waals surface area (Å²) in [4.78, 5) is 23.9. The van der Waals surface area contributed by atoms with E-state index in [2.05, 4.69) is 0 Å². The molecule has 0 atom stereocenters. The number of halogens is 3. The number of rotatable bonds is 2. The minimum absolute atomic E-state index is 0.00597. The summed E-state index contributed by atoms with van der Waals surface area (Å²) in [5.41, 5.74) is -2.51. The van der Waals surface area contributed by atoms with E-state index >= 15 is 0 Å². The first-order chi connectivity index (χ1) is 9.27. The molecule has 1 aromatic carbocycles. The van der Waals surface area contributed by atoms with Crippen LogP contribution < -0.4 is 11.2 Å². The Bertz CT molecular complexity index is 774. The molecule has 0 aliphatic carbocycles. The maximum atomic E-state index is 12.6. The maximum absolute atomic E-state index is 12.6. The minimum Gasteiger partial charge on any atom is -0.395 e. The third-order valence-electron chi connectivity index (χ3n) is 3.00. The van der Waals surface area contributed by atoms with Crippen molar-refractivity contribution >= 4 is 10.9 Å². The lowest BCUT2D eigenvalue weighted by Crippen LogP contribution is -2.39. The van der Waals surface area contributed by atoms with Crippen molar-refractivity contribution in [2.75, 3.05) is 6.61 Å². The number of benzene rings is 1. The summed E-state index contributed by atoms with van der Waals surface area (Å²) >= 11 is 0. The van der Waals surface area contributed by atoms with E-state index in [1.54, 1.807) is 0 Å². The van der Waals surface area contributed by atoms with Crippen LogP contribution in [0, 0.1) is 0 Å². The van der Waals surface area contributed by atoms with Crippen LogP contribution in [0.2, 0.25) is 0 Å². The standard InChI is InChI=1S/C12H11F3N2O3/c1-16-9-6-7(12(13,14)15)2-3-8(9)10(19)17(4-5-18)11(16)20/h2-3,6,18H,4-5H2,1H3. The summed E-state index contributed by atoms with van der Waals surface area (Å²) in [5.74, 6) is 0. The Hall–Kier alpha value is -2.09. The molecule has 2 aromatic rings. The summed E-state index contributed by atoms with van der Waals surface area (Å²) in [6.45, 7) is -0.621. The molecular weight excluding hydrogens is 277 g/mol. The zero-order valence-corrected chi connectivity index (χ0v) is 10.4. The number of aromatic nitrogens is 2. The molecule has 1 heterocycles. The van der Waals surface area contributed by atoms with Crippen molar-refractivity contribution in [3.63, 3.8) is 0 Å². The Morgan fingerprint density at radius 1 is 1.25 bits per heavy atom. The van der Waals surface area contributed by atoms with Gasteiger partial charge in [0.1, 0.15) is 0 Å². The molecule has 0 spiro atoms. The first-order valence-electron chi connectivity index (χ1n) is 5.69. The molecule has 0 saturated carbocycles. The number of aliphatic hydroxyl groups is 1. The molecule has 8 heteroatoms. The summed E-state index contributed by atoms with van der Waals surface area (Å²) in [5, 5.41) is 8.82. The zero-order chi connectivity index (χ0) is 15.1. The van der Waals surface area contributed by atoms with Gasteiger partial charge in [-0.15, -0.1) is 0 Å². The summed E-state index contributed by atoms with van der Waals surface area (Å²) in [6.07, 6.45) is -4.55. The van der Waals surface area contributed by atoms with E-state index in [1.807, 2.05) is 0 Å². The van der Waals surface area contributed by atoms with Gasteiger partial charge in [0.25, 0.3) is 5.56 Å². The Labute approximate surface area is 110 Å². The third-order valence-corrected chi connectivity index (χ3v) is 3.00.